The highest BCUT2D eigenvalue weighted by atomic mass is 32.1. The molecule has 11 heavy (non-hydrogen) atoms. The van der Waals surface area contributed by atoms with E-state index in [2.05, 4.69) is 4.99 Å². The van der Waals surface area contributed by atoms with Crippen molar-refractivity contribution in [2.45, 2.75) is 19.6 Å². The van der Waals surface area contributed by atoms with Crippen molar-refractivity contribution in [1.82, 2.24) is 4.90 Å². The van der Waals surface area contributed by atoms with E-state index in [0.717, 1.165) is 11.5 Å². The Morgan fingerprint density at radius 2 is 2.45 bits per heavy atom. The molecule has 0 radical (unpaired) electrons. The van der Waals surface area contributed by atoms with Crippen molar-refractivity contribution in [3.8, 4) is 0 Å². The Labute approximate surface area is 71.3 Å². The normalized spacial score (nSPS) is 25.3. The van der Waals surface area contributed by atoms with Gasteiger partial charge in [-0.2, -0.15) is 0 Å². The molecular weight excluding hydrogens is 160 g/mol. The Bertz CT molecular complexity index is 201. The number of aliphatic imine (C=N–C) groups is 1. The van der Waals surface area contributed by atoms with Crippen LogP contribution in [0, 0.1) is 0 Å². The molecule has 1 rings (SSSR count). The third-order valence-electron chi connectivity index (χ3n) is 1.61. The average Bonchev–Trinajstić information content (AvgIpc) is 1.85. The standard InChI is InChI=1S/C6H12N4S/c1-2-10-5(11)3-4(7)9-6(10)8/h6H,2-3,8H2,1H3,(H2,7,9). The molecule has 0 aromatic rings. The highest BCUT2D eigenvalue weighted by molar-refractivity contribution is 7.80. The summed E-state index contributed by atoms with van der Waals surface area (Å²) in [5.41, 5.74) is 11.1. The van der Waals surface area contributed by atoms with Crippen molar-refractivity contribution in [3.63, 3.8) is 0 Å². The van der Waals surface area contributed by atoms with Gasteiger partial charge in [0.1, 0.15) is 5.84 Å². The van der Waals surface area contributed by atoms with Gasteiger partial charge >= 0.3 is 0 Å². The van der Waals surface area contributed by atoms with Gasteiger partial charge in [-0.15, -0.1) is 0 Å². The summed E-state index contributed by atoms with van der Waals surface area (Å²) in [6, 6.07) is 0. The van der Waals surface area contributed by atoms with Crippen LogP contribution in [0.4, 0.5) is 0 Å². The molecule has 1 unspecified atom stereocenters. The minimum atomic E-state index is -0.374. The molecule has 62 valence electrons. The molecule has 1 aliphatic rings. The van der Waals surface area contributed by atoms with Gasteiger partial charge in [-0.1, -0.05) is 12.2 Å². The zero-order chi connectivity index (χ0) is 8.43. The van der Waals surface area contributed by atoms with Gasteiger partial charge in [0.2, 0.25) is 0 Å². The first kappa shape index (κ1) is 8.42. The van der Waals surface area contributed by atoms with Gasteiger partial charge in [-0.3, -0.25) is 5.73 Å². The Morgan fingerprint density at radius 3 is 2.91 bits per heavy atom. The Hall–Kier alpha value is -0.680. The number of rotatable bonds is 1. The molecule has 0 aromatic heterocycles. The summed E-state index contributed by atoms with van der Waals surface area (Å²) in [7, 11) is 0. The van der Waals surface area contributed by atoms with Crippen molar-refractivity contribution in [2.24, 2.45) is 16.5 Å². The van der Waals surface area contributed by atoms with Gasteiger partial charge in [0.05, 0.1) is 11.4 Å². The number of nitrogens with two attached hydrogens (primary N) is 2. The van der Waals surface area contributed by atoms with Crippen molar-refractivity contribution in [3.05, 3.63) is 0 Å². The first-order valence-corrected chi connectivity index (χ1v) is 3.93. The average molecular weight is 172 g/mol. The third-order valence-corrected chi connectivity index (χ3v) is 1.99. The fraction of sp³-hybridized carbons (Fsp3) is 0.667. The van der Waals surface area contributed by atoms with Crippen molar-refractivity contribution in [2.75, 3.05) is 6.54 Å². The summed E-state index contributed by atoms with van der Waals surface area (Å²) >= 11 is 5.07. The van der Waals surface area contributed by atoms with Gasteiger partial charge in [-0.05, 0) is 6.92 Å². The molecule has 1 aliphatic heterocycles. The summed E-state index contributed by atoms with van der Waals surface area (Å²) in [5.74, 6) is 0.534. The van der Waals surface area contributed by atoms with Gasteiger partial charge in [0, 0.05) is 6.54 Å². The molecule has 0 spiro atoms. The summed E-state index contributed by atoms with van der Waals surface area (Å²) in [6.45, 7) is 2.78. The quantitative estimate of drug-likeness (QED) is 0.530. The molecule has 0 fully saturated rings. The van der Waals surface area contributed by atoms with E-state index in [9.17, 15) is 0 Å². The summed E-state index contributed by atoms with van der Waals surface area (Å²) < 4.78 is 0. The van der Waals surface area contributed by atoms with E-state index in [1.807, 2.05) is 11.8 Å². The maximum atomic E-state index is 5.64. The Morgan fingerprint density at radius 1 is 1.82 bits per heavy atom. The van der Waals surface area contributed by atoms with Gasteiger partial charge in [-0.25, -0.2) is 4.99 Å². The van der Waals surface area contributed by atoms with Crippen molar-refractivity contribution < 1.29 is 0 Å². The molecule has 0 aromatic carbocycles. The fourth-order valence-electron chi connectivity index (χ4n) is 1.05. The maximum Gasteiger partial charge on any atom is 0.176 e. The Kier molecular flexibility index (Phi) is 2.41. The van der Waals surface area contributed by atoms with E-state index in [-0.39, 0.29) is 6.29 Å². The van der Waals surface area contributed by atoms with Crippen LogP contribution < -0.4 is 11.5 Å². The molecule has 0 aliphatic carbocycles. The second-order valence-corrected chi connectivity index (χ2v) is 2.86. The SMILES string of the molecule is CCN1C(=S)CC(N)=NC1N. The highest BCUT2D eigenvalue weighted by Gasteiger charge is 2.20. The minimum Gasteiger partial charge on any atom is -0.387 e. The lowest BCUT2D eigenvalue weighted by Crippen LogP contribution is -2.49. The van der Waals surface area contributed by atoms with Gasteiger partial charge in [0.15, 0.2) is 6.29 Å². The maximum absolute atomic E-state index is 5.64. The molecule has 1 heterocycles. The van der Waals surface area contributed by atoms with E-state index in [4.69, 9.17) is 23.7 Å². The van der Waals surface area contributed by atoms with E-state index in [1.54, 1.807) is 0 Å². The lowest BCUT2D eigenvalue weighted by molar-refractivity contribution is 0.336. The first-order chi connectivity index (χ1) is 5.15. The summed E-state index contributed by atoms with van der Waals surface area (Å²) in [5, 5.41) is 0. The van der Waals surface area contributed by atoms with Crippen LogP contribution >= 0.6 is 12.2 Å². The molecule has 5 heteroatoms. The van der Waals surface area contributed by atoms with Crippen LogP contribution in [0.15, 0.2) is 4.99 Å². The van der Waals surface area contributed by atoms with Crippen LogP contribution in [0.1, 0.15) is 13.3 Å². The second-order valence-electron chi connectivity index (χ2n) is 2.39. The van der Waals surface area contributed by atoms with Crippen molar-refractivity contribution in [1.29, 1.82) is 0 Å². The van der Waals surface area contributed by atoms with E-state index >= 15 is 0 Å². The first-order valence-electron chi connectivity index (χ1n) is 3.52. The predicted molar refractivity (Wildman–Crippen MR) is 49.2 cm³/mol. The molecule has 0 bridgehead atoms. The molecule has 4 nitrogen and oxygen atoms in total. The molecule has 0 saturated carbocycles. The fourth-order valence-corrected chi connectivity index (χ4v) is 1.44. The number of amidine groups is 1. The van der Waals surface area contributed by atoms with Crippen LogP contribution in [0.5, 0.6) is 0 Å². The third kappa shape index (κ3) is 1.66. The summed E-state index contributed by atoms with van der Waals surface area (Å²) in [4.78, 5) is 6.63. The molecule has 1 atom stereocenters. The smallest absolute Gasteiger partial charge is 0.176 e. The monoisotopic (exact) mass is 172 g/mol. The van der Waals surface area contributed by atoms with Crippen LogP contribution in [-0.2, 0) is 0 Å². The molecule has 0 amide bonds. The predicted octanol–water partition coefficient (Wildman–Crippen LogP) is -0.361. The van der Waals surface area contributed by atoms with Crippen LogP contribution in [0.3, 0.4) is 0 Å². The lowest BCUT2D eigenvalue weighted by Gasteiger charge is -2.31. The van der Waals surface area contributed by atoms with Gasteiger partial charge in [0.25, 0.3) is 0 Å². The van der Waals surface area contributed by atoms with Gasteiger partial charge < -0.3 is 10.6 Å². The lowest BCUT2D eigenvalue weighted by atomic mass is 10.3. The zero-order valence-electron chi connectivity index (χ0n) is 6.45. The van der Waals surface area contributed by atoms with Crippen LogP contribution in [-0.4, -0.2) is 28.6 Å². The minimum absolute atomic E-state index is 0.374. The van der Waals surface area contributed by atoms with E-state index in [0.29, 0.717) is 12.3 Å². The molecular formula is C6H12N4S. The van der Waals surface area contributed by atoms with Crippen LogP contribution in [0.2, 0.25) is 0 Å². The number of hydrogen-bond donors (Lipinski definition) is 2. The second kappa shape index (κ2) is 3.15. The van der Waals surface area contributed by atoms with Crippen LogP contribution in [0.25, 0.3) is 0 Å². The largest absolute Gasteiger partial charge is 0.387 e. The van der Waals surface area contributed by atoms with E-state index in [1.165, 1.54) is 0 Å². The topological polar surface area (TPSA) is 67.6 Å². The number of nitrogens with zero attached hydrogens (tertiary/aromatic N) is 2. The highest BCUT2D eigenvalue weighted by Crippen LogP contribution is 2.07. The Balaban J connectivity index is 2.77. The summed E-state index contributed by atoms with van der Waals surface area (Å²) in [6.07, 6.45) is 0.192. The number of thiocarbonyl (C=S) groups is 1. The van der Waals surface area contributed by atoms with E-state index < -0.39 is 0 Å². The molecule has 0 saturated heterocycles. The van der Waals surface area contributed by atoms with Crippen molar-refractivity contribution >= 4 is 23.0 Å². The molecule has 4 N–H and O–H groups in total. The zero-order valence-corrected chi connectivity index (χ0v) is 7.27. The number of hydrogen-bond acceptors (Lipinski definition) is 4.